The molecule has 6 nitrogen and oxygen atoms in total. The van der Waals surface area contributed by atoms with Gasteiger partial charge in [0.15, 0.2) is 5.82 Å². The SMILES string of the molecule is CC(O)(CN)Cc1nc(Cc2ccc(O)cc2)no1. The Morgan fingerprint density at radius 2 is 2.00 bits per heavy atom. The van der Waals surface area contributed by atoms with Gasteiger partial charge in [0, 0.05) is 13.0 Å². The molecule has 1 unspecified atom stereocenters. The monoisotopic (exact) mass is 263 g/mol. The molecule has 4 N–H and O–H groups in total. The lowest BCUT2D eigenvalue weighted by atomic mass is 10.0. The summed E-state index contributed by atoms with van der Waals surface area (Å²) in [6, 6.07) is 6.80. The Labute approximate surface area is 110 Å². The minimum Gasteiger partial charge on any atom is -0.508 e. The van der Waals surface area contributed by atoms with Crippen LogP contribution in [-0.4, -0.2) is 32.5 Å². The average Bonchev–Trinajstić information content (AvgIpc) is 2.79. The van der Waals surface area contributed by atoms with Gasteiger partial charge in [-0.25, -0.2) is 0 Å². The van der Waals surface area contributed by atoms with E-state index in [9.17, 15) is 10.2 Å². The van der Waals surface area contributed by atoms with Crippen molar-refractivity contribution in [2.75, 3.05) is 6.54 Å². The molecule has 2 aromatic rings. The summed E-state index contributed by atoms with van der Waals surface area (Å²) in [4.78, 5) is 4.21. The van der Waals surface area contributed by atoms with Crippen molar-refractivity contribution in [2.24, 2.45) is 5.73 Å². The number of aliphatic hydroxyl groups is 1. The van der Waals surface area contributed by atoms with Gasteiger partial charge in [-0.3, -0.25) is 0 Å². The topological polar surface area (TPSA) is 105 Å². The van der Waals surface area contributed by atoms with Crippen LogP contribution < -0.4 is 5.73 Å². The van der Waals surface area contributed by atoms with Gasteiger partial charge < -0.3 is 20.5 Å². The van der Waals surface area contributed by atoms with Crippen LogP contribution in [0.1, 0.15) is 24.2 Å². The maximum atomic E-state index is 9.83. The molecule has 1 aromatic carbocycles. The molecular formula is C13H17N3O3. The lowest BCUT2D eigenvalue weighted by Crippen LogP contribution is -2.36. The van der Waals surface area contributed by atoms with Crippen LogP contribution in [0.15, 0.2) is 28.8 Å². The van der Waals surface area contributed by atoms with Crippen LogP contribution in [0.5, 0.6) is 5.75 Å². The standard InChI is InChI=1S/C13H17N3O3/c1-13(18,8-14)7-12-15-11(16-19-12)6-9-2-4-10(17)5-3-9/h2-5,17-18H,6-8,14H2,1H3. The molecule has 0 radical (unpaired) electrons. The number of aromatic nitrogens is 2. The highest BCUT2D eigenvalue weighted by Gasteiger charge is 2.22. The third-order valence-corrected chi connectivity index (χ3v) is 2.78. The highest BCUT2D eigenvalue weighted by Crippen LogP contribution is 2.14. The first-order valence-electron chi connectivity index (χ1n) is 6.00. The van der Waals surface area contributed by atoms with Crippen molar-refractivity contribution >= 4 is 0 Å². The number of phenols is 1. The number of benzene rings is 1. The lowest BCUT2D eigenvalue weighted by molar-refractivity contribution is 0.0610. The number of rotatable bonds is 5. The largest absolute Gasteiger partial charge is 0.508 e. The highest BCUT2D eigenvalue weighted by atomic mass is 16.5. The molecule has 0 aliphatic rings. The second-order valence-electron chi connectivity index (χ2n) is 4.83. The van der Waals surface area contributed by atoms with E-state index in [4.69, 9.17) is 10.3 Å². The fourth-order valence-electron chi connectivity index (χ4n) is 1.63. The molecular weight excluding hydrogens is 246 g/mol. The summed E-state index contributed by atoms with van der Waals surface area (Å²) in [7, 11) is 0. The summed E-state index contributed by atoms with van der Waals surface area (Å²) >= 11 is 0. The lowest BCUT2D eigenvalue weighted by Gasteiger charge is -2.17. The smallest absolute Gasteiger partial charge is 0.229 e. The molecule has 0 spiro atoms. The Morgan fingerprint density at radius 1 is 1.32 bits per heavy atom. The van der Waals surface area contributed by atoms with E-state index < -0.39 is 5.60 Å². The summed E-state index contributed by atoms with van der Waals surface area (Å²) in [6.45, 7) is 1.75. The summed E-state index contributed by atoms with van der Waals surface area (Å²) < 4.78 is 5.07. The first-order valence-corrected chi connectivity index (χ1v) is 6.00. The predicted octanol–water partition coefficient (Wildman–Crippen LogP) is 0.618. The van der Waals surface area contributed by atoms with Crippen LogP contribution in [0.4, 0.5) is 0 Å². The zero-order valence-electron chi connectivity index (χ0n) is 10.7. The highest BCUT2D eigenvalue weighted by molar-refractivity contribution is 5.27. The van der Waals surface area contributed by atoms with E-state index in [0.717, 1.165) is 5.56 Å². The van der Waals surface area contributed by atoms with E-state index in [1.165, 1.54) is 0 Å². The van der Waals surface area contributed by atoms with Crippen molar-refractivity contribution in [1.82, 2.24) is 10.1 Å². The Morgan fingerprint density at radius 3 is 2.63 bits per heavy atom. The van der Waals surface area contributed by atoms with Crippen LogP contribution in [0.25, 0.3) is 0 Å². The van der Waals surface area contributed by atoms with Gasteiger partial charge in [0.1, 0.15) is 5.75 Å². The molecule has 0 fully saturated rings. The zero-order valence-corrected chi connectivity index (χ0v) is 10.7. The van der Waals surface area contributed by atoms with Crippen LogP contribution in [0, 0.1) is 0 Å². The zero-order chi connectivity index (χ0) is 13.9. The maximum absolute atomic E-state index is 9.83. The van der Waals surface area contributed by atoms with E-state index in [0.29, 0.717) is 18.1 Å². The van der Waals surface area contributed by atoms with Crippen molar-refractivity contribution < 1.29 is 14.7 Å². The maximum Gasteiger partial charge on any atom is 0.229 e. The fraction of sp³-hybridized carbons (Fsp3) is 0.385. The molecule has 0 bridgehead atoms. The van der Waals surface area contributed by atoms with E-state index in [2.05, 4.69) is 10.1 Å². The molecule has 0 aliphatic heterocycles. The summed E-state index contributed by atoms with van der Waals surface area (Å²) in [6.07, 6.45) is 0.737. The van der Waals surface area contributed by atoms with Crippen molar-refractivity contribution in [3.63, 3.8) is 0 Å². The van der Waals surface area contributed by atoms with E-state index in [-0.39, 0.29) is 18.7 Å². The molecule has 0 saturated heterocycles. The molecule has 0 aliphatic carbocycles. The molecule has 0 amide bonds. The molecule has 19 heavy (non-hydrogen) atoms. The van der Waals surface area contributed by atoms with E-state index in [1.54, 1.807) is 31.2 Å². The fourth-order valence-corrected chi connectivity index (χ4v) is 1.63. The number of nitrogens with two attached hydrogens (primary N) is 1. The first-order chi connectivity index (χ1) is 8.98. The van der Waals surface area contributed by atoms with Crippen molar-refractivity contribution in [3.8, 4) is 5.75 Å². The molecule has 1 aromatic heterocycles. The van der Waals surface area contributed by atoms with Gasteiger partial charge in [-0.2, -0.15) is 4.98 Å². The number of aromatic hydroxyl groups is 1. The van der Waals surface area contributed by atoms with Gasteiger partial charge in [-0.05, 0) is 24.6 Å². The normalized spacial score (nSPS) is 14.3. The molecule has 2 rings (SSSR count). The van der Waals surface area contributed by atoms with Crippen molar-refractivity contribution in [2.45, 2.75) is 25.4 Å². The molecule has 0 saturated carbocycles. The number of hydrogen-bond acceptors (Lipinski definition) is 6. The second-order valence-corrected chi connectivity index (χ2v) is 4.83. The summed E-state index contributed by atoms with van der Waals surface area (Å²) in [5.74, 6) is 1.12. The van der Waals surface area contributed by atoms with Gasteiger partial charge in [0.25, 0.3) is 0 Å². The van der Waals surface area contributed by atoms with Gasteiger partial charge >= 0.3 is 0 Å². The first kappa shape index (κ1) is 13.5. The molecule has 1 heterocycles. The Hall–Kier alpha value is -1.92. The minimum absolute atomic E-state index is 0.128. The Bertz CT molecular complexity index is 534. The van der Waals surface area contributed by atoms with Gasteiger partial charge in [-0.1, -0.05) is 17.3 Å². The van der Waals surface area contributed by atoms with Gasteiger partial charge in [0.2, 0.25) is 5.89 Å². The Balaban J connectivity index is 2.03. The number of nitrogens with zero attached hydrogens (tertiary/aromatic N) is 2. The quantitative estimate of drug-likeness (QED) is 0.730. The third-order valence-electron chi connectivity index (χ3n) is 2.78. The van der Waals surface area contributed by atoms with Crippen molar-refractivity contribution in [3.05, 3.63) is 41.5 Å². The number of hydrogen-bond donors (Lipinski definition) is 3. The Kier molecular flexibility index (Phi) is 3.82. The van der Waals surface area contributed by atoms with Gasteiger partial charge in [-0.15, -0.1) is 0 Å². The molecule has 1 atom stereocenters. The summed E-state index contributed by atoms with van der Waals surface area (Å²) in [5.41, 5.74) is 5.36. The van der Waals surface area contributed by atoms with Gasteiger partial charge in [0.05, 0.1) is 12.0 Å². The van der Waals surface area contributed by atoms with E-state index in [1.807, 2.05) is 0 Å². The number of phenolic OH excluding ortho intramolecular Hbond substituents is 1. The molecule has 102 valence electrons. The summed E-state index contributed by atoms with van der Waals surface area (Å²) in [5, 5.41) is 22.9. The van der Waals surface area contributed by atoms with Crippen LogP contribution in [-0.2, 0) is 12.8 Å². The third kappa shape index (κ3) is 3.77. The second kappa shape index (κ2) is 5.38. The van der Waals surface area contributed by atoms with E-state index >= 15 is 0 Å². The minimum atomic E-state index is -1.04. The molecule has 6 heteroatoms. The van der Waals surface area contributed by atoms with Crippen LogP contribution in [0.3, 0.4) is 0 Å². The van der Waals surface area contributed by atoms with Crippen LogP contribution >= 0.6 is 0 Å². The van der Waals surface area contributed by atoms with Crippen LogP contribution in [0.2, 0.25) is 0 Å². The predicted molar refractivity (Wildman–Crippen MR) is 68.6 cm³/mol. The van der Waals surface area contributed by atoms with Crippen molar-refractivity contribution in [1.29, 1.82) is 0 Å². The average molecular weight is 263 g/mol.